The van der Waals surface area contributed by atoms with Crippen molar-refractivity contribution >= 4 is 29.3 Å². The molecule has 33 heavy (non-hydrogen) atoms. The number of Topliss-reactive ketones (excluding diaryl/α,β-unsaturated/α-hetero) is 1. The van der Waals surface area contributed by atoms with E-state index in [4.69, 9.17) is 9.97 Å². The fourth-order valence-electron chi connectivity index (χ4n) is 4.71. The van der Waals surface area contributed by atoms with Crippen LogP contribution in [0.15, 0.2) is 24.3 Å². The molecule has 1 saturated carbocycles. The number of nitrogens with one attached hydrogen (secondary N) is 3. The number of urea groups is 1. The molecule has 1 aromatic carbocycles. The van der Waals surface area contributed by atoms with E-state index in [1.165, 1.54) is 31.0 Å². The number of hydrogen-bond donors (Lipinski definition) is 3. The molecule has 3 N–H and O–H groups in total. The lowest BCUT2D eigenvalue weighted by atomic mass is 9.91. The van der Waals surface area contributed by atoms with Crippen LogP contribution in [0, 0.1) is 0 Å². The van der Waals surface area contributed by atoms with Gasteiger partial charge in [0.1, 0.15) is 5.82 Å². The third-order valence-electron chi connectivity index (χ3n) is 6.53. The van der Waals surface area contributed by atoms with Gasteiger partial charge in [-0.05, 0) is 82.6 Å². The van der Waals surface area contributed by atoms with Gasteiger partial charge in [-0.1, -0.05) is 0 Å². The van der Waals surface area contributed by atoms with Crippen LogP contribution in [-0.2, 0) is 12.8 Å². The third kappa shape index (κ3) is 5.80. The van der Waals surface area contributed by atoms with Gasteiger partial charge in [-0.2, -0.15) is 4.98 Å². The number of fused-ring (bicyclic) bond motifs is 1. The van der Waals surface area contributed by atoms with Gasteiger partial charge in [-0.3, -0.25) is 4.79 Å². The molecule has 8 heteroatoms. The molecule has 2 aromatic rings. The van der Waals surface area contributed by atoms with E-state index in [0.29, 0.717) is 17.3 Å². The summed E-state index contributed by atoms with van der Waals surface area (Å²) in [7, 11) is 4.08. The summed E-state index contributed by atoms with van der Waals surface area (Å²) in [6.45, 7) is 1.53. The van der Waals surface area contributed by atoms with Gasteiger partial charge in [0, 0.05) is 43.0 Å². The fraction of sp³-hybridized carbons (Fsp3) is 0.520. The van der Waals surface area contributed by atoms with E-state index in [1.807, 2.05) is 14.1 Å². The van der Waals surface area contributed by atoms with E-state index in [9.17, 15) is 9.59 Å². The Morgan fingerprint density at radius 3 is 2.27 bits per heavy atom. The maximum atomic E-state index is 12.4. The van der Waals surface area contributed by atoms with Gasteiger partial charge in [-0.25, -0.2) is 9.78 Å². The first-order valence-corrected chi connectivity index (χ1v) is 11.9. The number of carbonyl (C=O) groups is 2. The minimum atomic E-state index is -0.212. The molecule has 8 nitrogen and oxygen atoms in total. The number of anilines is 3. The number of aromatic nitrogens is 2. The van der Waals surface area contributed by atoms with Crippen molar-refractivity contribution in [2.45, 2.75) is 70.4 Å². The van der Waals surface area contributed by atoms with Crippen molar-refractivity contribution in [1.29, 1.82) is 0 Å². The summed E-state index contributed by atoms with van der Waals surface area (Å²) in [5, 5.41) is 9.47. The van der Waals surface area contributed by atoms with Gasteiger partial charge in [0.25, 0.3) is 0 Å². The van der Waals surface area contributed by atoms with Crippen molar-refractivity contribution < 1.29 is 9.59 Å². The van der Waals surface area contributed by atoms with Crippen molar-refractivity contribution in [3.63, 3.8) is 0 Å². The maximum Gasteiger partial charge on any atom is 0.319 e. The number of rotatable bonds is 6. The van der Waals surface area contributed by atoms with Crippen LogP contribution in [0.4, 0.5) is 22.2 Å². The van der Waals surface area contributed by atoms with Crippen molar-refractivity contribution in [3.05, 3.63) is 41.1 Å². The van der Waals surface area contributed by atoms with Crippen LogP contribution in [0.2, 0.25) is 0 Å². The van der Waals surface area contributed by atoms with Crippen molar-refractivity contribution in [1.82, 2.24) is 15.3 Å². The van der Waals surface area contributed by atoms with E-state index >= 15 is 0 Å². The number of ketones is 1. The second kappa shape index (κ2) is 10.2. The summed E-state index contributed by atoms with van der Waals surface area (Å²) < 4.78 is 0. The molecule has 2 amide bonds. The van der Waals surface area contributed by atoms with Gasteiger partial charge in [0.05, 0.1) is 5.69 Å². The van der Waals surface area contributed by atoms with E-state index < -0.39 is 0 Å². The normalized spacial score (nSPS) is 19.8. The first-order valence-electron chi connectivity index (χ1n) is 11.9. The van der Waals surface area contributed by atoms with Crippen molar-refractivity contribution in [2.24, 2.45) is 0 Å². The van der Waals surface area contributed by atoms with E-state index in [0.717, 1.165) is 50.3 Å². The monoisotopic (exact) mass is 450 g/mol. The summed E-state index contributed by atoms with van der Waals surface area (Å²) in [6, 6.07) is 7.17. The largest absolute Gasteiger partial charge is 0.362 e. The Bertz CT molecular complexity index is 997. The highest BCUT2D eigenvalue weighted by atomic mass is 16.2. The molecule has 0 unspecified atom stereocenters. The van der Waals surface area contributed by atoms with Crippen LogP contribution in [-0.4, -0.2) is 48.0 Å². The van der Waals surface area contributed by atoms with Crippen molar-refractivity contribution in [2.75, 3.05) is 29.6 Å². The van der Waals surface area contributed by atoms with Gasteiger partial charge in [0.15, 0.2) is 5.78 Å². The van der Waals surface area contributed by atoms with Crippen molar-refractivity contribution in [3.8, 4) is 0 Å². The quantitative estimate of drug-likeness (QED) is 0.572. The SMILES string of the molecule is CC(=O)c1ccc(NC(=O)NC2CCC(Nc3nc4c(c(N(C)C)n3)CCCC4)CC2)cc1. The minimum absolute atomic E-state index is 0.00935. The van der Waals surface area contributed by atoms with Gasteiger partial charge in [0.2, 0.25) is 5.95 Å². The zero-order valence-corrected chi connectivity index (χ0v) is 19.8. The predicted molar refractivity (Wildman–Crippen MR) is 131 cm³/mol. The zero-order valence-electron chi connectivity index (χ0n) is 19.8. The lowest BCUT2D eigenvalue weighted by molar-refractivity contribution is 0.101. The van der Waals surface area contributed by atoms with Gasteiger partial charge >= 0.3 is 6.03 Å². The predicted octanol–water partition coefficient (Wildman–Crippen LogP) is 4.17. The Morgan fingerprint density at radius 2 is 1.61 bits per heavy atom. The molecule has 0 spiro atoms. The van der Waals surface area contributed by atoms with Crippen LogP contribution in [0.5, 0.6) is 0 Å². The van der Waals surface area contributed by atoms with Gasteiger partial charge < -0.3 is 20.9 Å². The molecule has 176 valence electrons. The second-order valence-corrected chi connectivity index (χ2v) is 9.32. The molecule has 0 aliphatic heterocycles. The topological polar surface area (TPSA) is 99.2 Å². The van der Waals surface area contributed by atoms with Crippen LogP contribution in [0.25, 0.3) is 0 Å². The van der Waals surface area contributed by atoms with Gasteiger partial charge in [-0.15, -0.1) is 0 Å². The minimum Gasteiger partial charge on any atom is -0.362 e. The molecular weight excluding hydrogens is 416 g/mol. The molecule has 4 rings (SSSR count). The summed E-state index contributed by atoms with van der Waals surface area (Å²) in [5.74, 6) is 1.77. The molecule has 0 saturated heterocycles. The standard InChI is InChI=1S/C25H34N6O2/c1-16(32)17-8-10-19(11-9-17)27-25(33)28-20-14-12-18(13-15-20)26-24-29-22-7-5-4-6-21(22)23(30-24)31(2)3/h8-11,18,20H,4-7,12-15H2,1-3H3,(H,26,29,30)(H2,27,28,33). The summed E-state index contributed by atoms with van der Waals surface area (Å²) in [4.78, 5) is 35.5. The third-order valence-corrected chi connectivity index (χ3v) is 6.53. The number of nitrogens with zero attached hydrogens (tertiary/aromatic N) is 3. The molecule has 2 aliphatic carbocycles. The highest BCUT2D eigenvalue weighted by Gasteiger charge is 2.25. The lowest BCUT2D eigenvalue weighted by Crippen LogP contribution is -2.42. The highest BCUT2D eigenvalue weighted by Crippen LogP contribution is 2.29. The molecule has 0 bridgehead atoms. The first kappa shape index (κ1) is 23.0. The maximum absolute atomic E-state index is 12.4. The molecule has 1 fully saturated rings. The fourth-order valence-corrected chi connectivity index (χ4v) is 4.71. The molecule has 0 atom stereocenters. The number of aryl methyl sites for hydroxylation is 1. The molecule has 1 heterocycles. The molecule has 1 aromatic heterocycles. The molecule has 0 radical (unpaired) electrons. The summed E-state index contributed by atoms with van der Waals surface area (Å²) >= 11 is 0. The average Bonchev–Trinajstić information content (AvgIpc) is 2.80. The Labute approximate surface area is 195 Å². The Morgan fingerprint density at radius 1 is 0.939 bits per heavy atom. The van der Waals surface area contributed by atoms with Crippen LogP contribution in [0.3, 0.4) is 0 Å². The summed E-state index contributed by atoms with van der Waals surface area (Å²) in [5.41, 5.74) is 3.79. The number of amides is 2. The van der Waals surface area contributed by atoms with Crippen LogP contribution in [0.1, 0.15) is 67.1 Å². The van der Waals surface area contributed by atoms with Crippen LogP contribution >= 0.6 is 0 Å². The Hall–Kier alpha value is -3.16. The second-order valence-electron chi connectivity index (χ2n) is 9.32. The lowest BCUT2D eigenvalue weighted by Gasteiger charge is -2.30. The van der Waals surface area contributed by atoms with Crippen LogP contribution < -0.4 is 20.9 Å². The average molecular weight is 451 g/mol. The number of hydrogen-bond acceptors (Lipinski definition) is 6. The smallest absolute Gasteiger partial charge is 0.319 e. The molecular formula is C25H34N6O2. The van der Waals surface area contributed by atoms with E-state index in [-0.39, 0.29) is 17.9 Å². The number of benzene rings is 1. The zero-order chi connectivity index (χ0) is 23.4. The summed E-state index contributed by atoms with van der Waals surface area (Å²) in [6.07, 6.45) is 8.19. The Kier molecular flexibility index (Phi) is 7.11. The Balaban J connectivity index is 1.28. The van der Waals surface area contributed by atoms with E-state index in [1.54, 1.807) is 24.3 Å². The molecule has 2 aliphatic rings. The number of carbonyl (C=O) groups excluding carboxylic acids is 2. The highest BCUT2D eigenvalue weighted by molar-refractivity contribution is 5.95. The van der Waals surface area contributed by atoms with E-state index in [2.05, 4.69) is 20.9 Å². The first-order chi connectivity index (χ1) is 15.9.